The summed E-state index contributed by atoms with van der Waals surface area (Å²) >= 11 is 1.10. The second kappa shape index (κ2) is 14.5. The van der Waals surface area contributed by atoms with Crippen LogP contribution in [0, 0.1) is 0 Å². The van der Waals surface area contributed by atoms with Gasteiger partial charge in [0.2, 0.25) is 24.2 Å². The molecule has 1 spiro atoms. The van der Waals surface area contributed by atoms with Crippen LogP contribution in [0.2, 0.25) is 0 Å². The summed E-state index contributed by atoms with van der Waals surface area (Å²) in [6.45, 7) is 0.751. The zero-order chi connectivity index (χ0) is 36.9. The molecule has 1 saturated carbocycles. The van der Waals surface area contributed by atoms with Gasteiger partial charge in [-0.05, 0) is 93.1 Å². The van der Waals surface area contributed by atoms with Gasteiger partial charge in [0.25, 0.3) is 5.91 Å². The Balaban J connectivity index is 1.14. The average molecular weight is 761 g/mol. The molecule has 1 aliphatic carbocycles. The van der Waals surface area contributed by atoms with Crippen LogP contribution in [0.25, 0.3) is 10.1 Å². The van der Waals surface area contributed by atoms with Gasteiger partial charge in [-0.25, -0.2) is 13.2 Å². The number of hydrogen-bond acceptors (Lipinski definition) is 6. The highest BCUT2D eigenvalue weighted by molar-refractivity contribution is 7.51. The normalized spacial score (nSPS) is 26.5. The minimum absolute atomic E-state index is 0.0678. The van der Waals surface area contributed by atoms with Crippen molar-refractivity contribution in [3.8, 4) is 0 Å². The maximum atomic E-state index is 14.5. The lowest BCUT2D eigenvalue weighted by Crippen LogP contribution is -2.59. The number of nitrogens with zero attached hydrogens (tertiary/aromatic N) is 3. The van der Waals surface area contributed by atoms with Gasteiger partial charge in [0.15, 0.2) is 0 Å². The predicted octanol–water partition coefficient (Wildman–Crippen LogP) is 6.19. The monoisotopic (exact) mass is 760 g/mol. The molecular weight excluding hydrogens is 716 g/mol. The van der Waals surface area contributed by atoms with E-state index < -0.39 is 37.9 Å². The van der Waals surface area contributed by atoms with E-state index in [9.17, 15) is 41.9 Å². The summed E-state index contributed by atoms with van der Waals surface area (Å²) in [7, 11) is -3.23. The van der Waals surface area contributed by atoms with Crippen LogP contribution in [0.3, 0.4) is 0 Å². The smallest absolute Gasteiger partial charge is 0.340 e. The molecule has 3 aliphatic heterocycles. The van der Waals surface area contributed by atoms with Crippen molar-refractivity contribution in [2.24, 2.45) is 0 Å². The molecule has 4 aliphatic rings. The van der Waals surface area contributed by atoms with Gasteiger partial charge < -0.3 is 29.8 Å². The van der Waals surface area contributed by atoms with E-state index in [0.29, 0.717) is 42.3 Å². The van der Waals surface area contributed by atoms with Gasteiger partial charge in [-0.3, -0.25) is 18.9 Å². The van der Waals surface area contributed by atoms with E-state index in [-0.39, 0.29) is 65.2 Å². The molecule has 280 valence electrons. The number of halogens is 3. The fourth-order valence-corrected chi connectivity index (χ4v) is 10.2. The van der Waals surface area contributed by atoms with E-state index >= 15 is 0 Å². The van der Waals surface area contributed by atoms with Crippen molar-refractivity contribution in [1.82, 2.24) is 20.0 Å². The van der Waals surface area contributed by atoms with Crippen LogP contribution in [0.4, 0.5) is 13.2 Å². The van der Waals surface area contributed by atoms with Gasteiger partial charge in [0.1, 0.15) is 12.1 Å². The SMILES string of the molecule is CN(CCC(F)F)[C@H]1CC[C@H](NC(=O)c2cc3cc([C@H](F)P(=O)(O)O)ccc3s2)C(=O)N2[C@H](CC[C@H]2C(=O)N2C[C@@H](c3ccccc3)CC23CC3)C1. The average Bonchev–Trinajstić information content (AvgIpc) is 3.41. The van der Waals surface area contributed by atoms with E-state index in [0.717, 1.165) is 30.6 Å². The molecule has 4 fully saturated rings. The number of thiophene rings is 1. The van der Waals surface area contributed by atoms with Crippen molar-refractivity contribution in [1.29, 1.82) is 0 Å². The van der Waals surface area contributed by atoms with Crippen molar-refractivity contribution in [3.63, 3.8) is 0 Å². The molecule has 1 aromatic heterocycles. The van der Waals surface area contributed by atoms with E-state index in [4.69, 9.17) is 0 Å². The number of likely N-dealkylation sites (tertiary alicyclic amines) is 1. The Morgan fingerprint density at radius 1 is 1.06 bits per heavy atom. The zero-order valence-corrected chi connectivity index (χ0v) is 30.6. The Morgan fingerprint density at radius 3 is 2.50 bits per heavy atom. The summed E-state index contributed by atoms with van der Waals surface area (Å²) in [5.41, 5.74) is 0.776. The van der Waals surface area contributed by atoms with Gasteiger partial charge in [0.05, 0.1) is 4.88 Å². The number of alkyl halides is 3. The summed E-state index contributed by atoms with van der Waals surface area (Å²) in [4.78, 5) is 67.2. The zero-order valence-electron chi connectivity index (χ0n) is 28.9. The molecule has 7 rings (SSSR count). The molecule has 0 radical (unpaired) electrons. The van der Waals surface area contributed by atoms with Gasteiger partial charge in [-0.15, -0.1) is 11.3 Å². The molecular formula is C37H44F3N4O6PS. The van der Waals surface area contributed by atoms with E-state index in [1.54, 1.807) is 11.9 Å². The van der Waals surface area contributed by atoms with Crippen LogP contribution in [0.1, 0.15) is 90.4 Å². The molecule has 0 unspecified atom stereocenters. The quantitative estimate of drug-likeness (QED) is 0.210. The third kappa shape index (κ3) is 7.42. The number of nitrogens with one attached hydrogen (secondary N) is 1. The lowest BCUT2D eigenvalue weighted by molar-refractivity contribution is -0.148. The number of rotatable bonds is 10. The summed E-state index contributed by atoms with van der Waals surface area (Å²) in [5.74, 6) is -3.25. The summed E-state index contributed by atoms with van der Waals surface area (Å²) < 4.78 is 52.9. The van der Waals surface area contributed by atoms with Crippen molar-refractivity contribution < 1.29 is 41.9 Å². The molecule has 4 heterocycles. The Morgan fingerprint density at radius 2 is 1.81 bits per heavy atom. The number of carbonyl (C=O) groups excluding carboxylic acids is 3. The third-order valence-electron chi connectivity index (χ3n) is 11.6. The topological polar surface area (TPSA) is 130 Å². The van der Waals surface area contributed by atoms with Crippen molar-refractivity contribution in [3.05, 3.63) is 70.6 Å². The molecule has 3 N–H and O–H groups in total. The number of benzene rings is 2. The summed E-state index contributed by atoms with van der Waals surface area (Å²) in [6.07, 6.45) is 2.31. The van der Waals surface area contributed by atoms with Gasteiger partial charge in [-0.1, -0.05) is 36.4 Å². The Labute approximate surface area is 304 Å². The molecule has 15 heteroatoms. The van der Waals surface area contributed by atoms with Crippen LogP contribution in [-0.4, -0.2) is 98.5 Å². The minimum atomic E-state index is -5.03. The Kier molecular flexibility index (Phi) is 10.3. The Hall–Kier alpha value is -3.29. The van der Waals surface area contributed by atoms with Crippen LogP contribution in [-0.2, 0) is 14.2 Å². The van der Waals surface area contributed by atoms with Crippen LogP contribution >= 0.6 is 18.9 Å². The number of hydrogen-bond donors (Lipinski definition) is 3. The second-order valence-electron chi connectivity index (χ2n) is 15.0. The number of amides is 3. The molecule has 52 heavy (non-hydrogen) atoms. The molecule has 10 nitrogen and oxygen atoms in total. The summed E-state index contributed by atoms with van der Waals surface area (Å²) in [6, 6.07) is 13.6. The highest BCUT2D eigenvalue weighted by atomic mass is 32.1. The first-order chi connectivity index (χ1) is 24.7. The maximum absolute atomic E-state index is 14.5. The second-order valence-corrected chi connectivity index (χ2v) is 17.7. The molecule has 6 atom stereocenters. The number of carbonyl (C=O) groups is 3. The predicted molar refractivity (Wildman–Crippen MR) is 191 cm³/mol. The van der Waals surface area contributed by atoms with E-state index in [2.05, 4.69) is 17.4 Å². The molecule has 3 saturated heterocycles. The van der Waals surface area contributed by atoms with Gasteiger partial charge in [-0.2, -0.15) is 0 Å². The van der Waals surface area contributed by atoms with Crippen molar-refractivity contribution in [2.45, 2.75) is 106 Å². The maximum Gasteiger partial charge on any atom is 0.363 e. The van der Waals surface area contributed by atoms with Crippen molar-refractivity contribution >= 4 is 46.7 Å². The van der Waals surface area contributed by atoms with Crippen molar-refractivity contribution in [2.75, 3.05) is 20.1 Å². The third-order valence-corrected chi connectivity index (χ3v) is 13.6. The highest BCUT2D eigenvalue weighted by Gasteiger charge is 2.58. The minimum Gasteiger partial charge on any atom is -0.340 e. The lowest BCUT2D eigenvalue weighted by atomic mass is 9.93. The highest BCUT2D eigenvalue weighted by Crippen LogP contribution is 2.55. The summed E-state index contributed by atoms with van der Waals surface area (Å²) in [5, 5.41) is 3.33. The van der Waals surface area contributed by atoms with Crippen LogP contribution in [0.15, 0.2) is 54.6 Å². The van der Waals surface area contributed by atoms with E-state index in [1.807, 2.05) is 28.0 Å². The van der Waals surface area contributed by atoms with Gasteiger partial charge >= 0.3 is 7.60 Å². The fraction of sp³-hybridized carbons (Fsp3) is 0.541. The molecule has 3 amide bonds. The van der Waals surface area contributed by atoms with E-state index in [1.165, 1.54) is 29.8 Å². The standard InChI is InChI=1S/C37H44F3N4O6PS/c1-42(16-13-32(38)39)26-8-10-28(41-34(45)31-18-24-17-23(7-12-30(24)52-31)33(40)51(48,49)50)35(46)44-27(19-26)9-11-29(44)36(47)43-21-25(20-37(43)14-15-37)22-5-3-2-4-6-22/h2-7,12,17-18,25-29,32-33H,8-11,13-16,19-21H2,1H3,(H,41,45)(H2,48,49,50)/t25-,26-,27+,28-,29-,33+/m0/s1. The van der Waals surface area contributed by atoms with Crippen LogP contribution < -0.4 is 5.32 Å². The lowest BCUT2D eigenvalue weighted by Gasteiger charge is -2.41. The Bertz CT molecular complexity index is 1870. The fourth-order valence-electron chi connectivity index (χ4n) is 8.67. The van der Waals surface area contributed by atoms with Crippen LogP contribution in [0.5, 0.6) is 0 Å². The first kappa shape index (κ1) is 37.0. The molecule has 0 bridgehead atoms. The number of fused-ring (bicyclic) bond motifs is 2. The largest absolute Gasteiger partial charge is 0.363 e. The molecule has 3 aromatic rings. The molecule has 2 aromatic carbocycles. The first-order valence-electron chi connectivity index (χ1n) is 17.9. The van der Waals surface area contributed by atoms with Gasteiger partial charge in [0, 0.05) is 47.8 Å². The first-order valence-corrected chi connectivity index (χ1v) is 20.4.